The molecule has 2 aromatic rings. The molecule has 176 valence electrons. The molecule has 1 aliphatic heterocycles. The van der Waals surface area contributed by atoms with Crippen molar-refractivity contribution >= 4 is 28.8 Å². The highest BCUT2D eigenvalue weighted by Gasteiger charge is 2.39. The van der Waals surface area contributed by atoms with Crippen LogP contribution in [0.3, 0.4) is 0 Å². The van der Waals surface area contributed by atoms with Crippen LogP contribution in [-0.2, 0) is 14.3 Å². The minimum Gasteiger partial charge on any atom is -0.377 e. The standard InChI is InChI=1S/C27H35N3O3/c1-7-29(8-2)22-12-10-21(11-13-22)28-25-24(23-14-9-19(5)17-20(23)6)26(31)30(27(25)32)15-16-33-18(3)4/h9-14,17-18,28H,7-8,15-16H2,1-6H3. The number of carbonyl (C=O) groups is 2. The number of hydrogen-bond acceptors (Lipinski definition) is 5. The minimum absolute atomic E-state index is 0.0338. The summed E-state index contributed by atoms with van der Waals surface area (Å²) in [7, 11) is 0. The lowest BCUT2D eigenvalue weighted by molar-refractivity contribution is -0.137. The molecule has 3 rings (SSSR count). The zero-order valence-electron chi connectivity index (χ0n) is 20.6. The molecule has 0 aliphatic carbocycles. The van der Waals surface area contributed by atoms with Crippen molar-refractivity contribution in [1.29, 1.82) is 0 Å². The van der Waals surface area contributed by atoms with E-state index in [0.717, 1.165) is 41.2 Å². The quantitative estimate of drug-likeness (QED) is 0.530. The first kappa shape index (κ1) is 24.5. The first-order valence-corrected chi connectivity index (χ1v) is 11.7. The van der Waals surface area contributed by atoms with Crippen molar-refractivity contribution in [2.24, 2.45) is 0 Å². The number of benzene rings is 2. The van der Waals surface area contributed by atoms with E-state index in [2.05, 4.69) is 24.1 Å². The van der Waals surface area contributed by atoms with Crippen LogP contribution in [0.25, 0.3) is 5.57 Å². The van der Waals surface area contributed by atoms with Gasteiger partial charge in [-0.15, -0.1) is 0 Å². The second-order valence-corrected chi connectivity index (χ2v) is 8.59. The molecule has 1 heterocycles. The molecule has 0 spiro atoms. The van der Waals surface area contributed by atoms with E-state index in [9.17, 15) is 9.59 Å². The fourth-order valence-electron chi connectivity index (χ4n) is 4.11. The summed E-state index contributed by atoms with van der Waals surface area (Å²) in [5.74, 6) is -0.614. The van der Waals surface area contributed by atoms with Gasteiger partial charge in [0.25, 0.3) is 11.8 Å². The molecule has 0 unspecified atom stereocenters. The molecule has 33 heavy (non-hydrogen) atoms. The molecule has 2 amide bonds. The van der Waals surface area contributed by atoms with Gasteiger partial charge in [0.05, 0.1) is 24.8 Å². The number of carbonyl (C=O) groups excluding carboxylic acids is 2. The second kappa shape index (κ2) is 10.7. The molecule has 1 N–H and O–H groups in total. The first-order valence-electron chi connectivity index (χ1n) is 11.7. The van der Waals surface area contributed by atoms with Crippen LogP contribution in [0.2, 0.25) is 0 Å². The Kier molecular flexibility index (Phi) is 7.92. The number of amides is 2. The monoisotopic (exact) mass is 449 g/mol. The number of anilines is 2. The van der Waals surface area contributed by atoms with Crippen LogP contribution < -0.4 is 10.2 Å². The Balaban J connectivity index is 1.96. The van der Waals surface area contributed by atoms with Crippen LogP contribution in [-0.4, -0.2) is 49.1 Å². The number of rotatable bonds is 10. The Hall–Kier alpha value is -3.12. The molecule has 0 radical (unpaired) electrons. The van der Waals surface area contributed by atoms with Gasteiger partial charge in [0, 0.05) is 24.5 Å². The van der Waals surface area contributed by atoms with Crippen molar-refractivity contribution < 1.29 is 14.3 Å². The summed E-state index contributed by atoms with van der Waals surface area (Å²) in [5, 5.41) is 3.25. The highest BCUT2D eigenvalue weighted by atomic mass is 16.5. The lowest BCUT2D eigenvalue weighted by Gasteiger charge is -2.21. The Morgan fingerprint density at radius 2 is 1.64 bits per heavy atom. The third-order valence-corrected chi connectivity index (χ3v) is 5.85. The third-order valence-electron chi connectivity index (χ3n) is 5.85. The van der Waals surface area contributed by atoms with Crippen LogP contribution in [0.5, 0.6) is 0 Å². The van der Waals surface area contributed by atoms with E-state index >= 15 is 0 Å². The maximum Gasteiger partial charge on any atom is 0.278 e. The molecule has 0 bridgehead atoms. The molecular weight excluding hydrogens is 414 g/mol. The van der Waals surface area contributed by atoms with E-state index in [1.807, 2.05) is 70.2 Å². The molecular formula is C27H35N3O3. The average Bonchev–Trinajstić information content (AvgIpc) is 3.00. The van der Waals surface area contributed by atoms with Gasteiger partial charge in [-0.1, -0.05) is 23.8 Å². The Labute approximate surface area is 197 Å². The summed E-state index contributed by atoms with van der Waals surface area (Å²) in [5.41, 5.74) is 5.45. The van der Waals surface area contributed by atoms with Crippen molar-refractivity contribution in [3.63, 3.8) is 0 Å². The van der Waals surface area contributed by atoms with Crippen LogP contribution in [0.15, 0.2) is 48.2 Å². The number of nitrogens with one attached hydrogen (secondary N) is 1. The Morgan fingerprint density at radius 1 is 0.970 bits per heavy atom. The van der Waals surface area contributed by atoms with Gasteiger partial charge in [0.15, 0.2) is 0 Å². The largest absolute Gasteiger partial charge is 0.377 e. The van der Waals surface area contributed by atoms with Gasteiger partial charge in [0.1, 0.15) is 5.70 Å². The Morgan fingerprint density at radius 3 is 2.21 bits per heavy atom. The molecule has 6 nitrogen and oxygen atoms in total. The Bertz CT molecular complexity index is 1040. The zero-order chi connectivity index (χ0) is 24.1. The lowest BCUT2D eigenvalue weighted by atomic mass is 9.97. The highest BCUT2D eigenvalue weighted by molar-refractivity contribution is 6.36. The number of imide groups is 1. The molecule has 1 aliphatic rings. The number of hydrogen-bond donors (Lipinski definition) is 1. The van der Waals surface area contributed by atoms with E-state index in [1.165, 1.54) is 4.90 Å². The van der Waals surface area contributed by atoms with Crippen LogP contribution >= 0.6 is 0 Å². The topological polar surface area (TPSA) is 61.9 Å². The highest BCUT2D eigenvalue weighted by Crippen LogP contribution is 2.33. The van der Waals surface area contributed by atoms with Gasteiger partial charge in [-0.25, -0.2) is 0 Å². The molecule has 0 aromatic heterocycles. The van der Waals surface area contributed by atoms with Gasteiger partial charge in [0.2, 0.25) is 0 Å². The molecule has 2 aromatic carbocycles. The first-order chi connectivity index (χ1) is 15.8. The smallest absolute Gasteiger partial charge is 0.278 e. The number of ether oxygens (including phenoxy) is 1. The van der Waals surface area contributed by atoms with Crippen molar-refractivity contribution in [2.75, 3.05) is 36.5 Å². The fraction of sp³-hybridized carbons (Fsp3) is 0.407. The summed E-state index contributed by atoms with van der Waals surface area (Å²) < 4.78 is 5.60. The van der Waals surface area contributed by atoms with Gasteiger partial charge in [-0.2, -0.15) is 0 Å². The fourth-order valence-corrected chi connectivity index (χ4v) is 4.11. The van der Waals surface area contributed by atoms with E-state index in [1.54, 1.807) is 0 Å². The average molecular weight is 450 g/mol. The van der Waals surface area contributed by atoms with Crippen molar-refractivity contribution in [2.45, 2.75) is 47.6 Å². The van der Waals surface area contributed by atoms with Gasteiger partial charge in [-0.05, 0) is 76.9 Å². The second-order valence-electron chi connectivity index (χ2n) is 8.59. The van der Waals surface area contributed by atoms with E-state index in [-0.39, 0.29) is 24.5 Å². The summed E-state index contributed by atoms with van der Waals surface area (Å²) >= 11 is 0. The summed E-state index contributed by atoms with van der Waals surface area (Å²) in [6.07, 6.45) is 0.0338. The molecule has 0 saturated carbocycles. The van der Waals surface area contributed by atoms with Crippen molar-refractivity contribution in [3.05, 3.63) is 64.9 Å². The lowest BCUT2D eigenvalue weighted by Crippen LogP contribution is -2.35. The predicted octanol–water partition coefficient (Wildman–Crippen LogP) is 4.77. The number of aryl methyl sites for hydroxylation is 2. The summed E-state index contributed by atoms with van der Waals surface area (Å²) in [6.45, 7) is 14.5. The maximum atomic E-state index is 13.4. The van der Waals surface area contributed by atoms with Crippen LogP contribution in [0, 0.1) is 13.8 Å². The van der Waals surface area contributed by atoms with Crippen LogP contribution in [0.4, 0.5) is 11.4 Å². The minimum atomic E-state index is -0.324. The zero-order valence-corrected chi connectivity index (χ0v) is 20.6. The molecule has 0 atom stereocenters. The van der Waals surface area contributed by atoms with Crippen LogP contribution in [0.1, 0.15) is 44.4 Å². The van der Waals surface area contributed by atoms with E-state index in [4.69, 9.17) is 4.74 Å². The van der Waals surface area contributed by atoms with Gasteiger partial charge < -0.3 is 15.0 Å². The summed E-state index contributed by atoms with van der Waals surface area (Å²) in [4.78, 5) is 30.3. The molecule has 0 fully saturated rings. The van der Waals surface area contributed by atoms with E-state index in [0.29, 0.717) is 17.9 Å². The van der Waals surface area contributed by atoms with Crippen molar-refractivity contribution in [3.8, 4) is 0 Å². The third kappa shape index (κ3) is 5.45. The van der Waals surface area contributed by atoms with E-state index < -0.39 is 0 Å². The summed E-state index contributed by atoms with van der Waals surface area (Å²) in [6, 6.07) is 13.9. The van der Waals surface area contributed by atoms with Gasteiger partial charge >= 0.3 is 0 Å². The molecule has 6 heteroatoms. The maximum absolute atomic E-state index is 13.4. The number of nitrogens with zero attached hydrogens (tertiary/aromatic N) is 2. The predicted molar refractivity (Wildman–Crippen MR) is 134 cm³/mol. The van der Waals surface area contributed by atoms with Crippen molar-refractivity contribution in [1.82, 2.24) is 4.90 Å². The normalized spacial score (nSPS) is 14.0. The van der Waals surface area contributed by atoms with Gasteiger partial charge in [-0.3, -0.25) is 14.5 Å². The SMILES string of the molecule is CCN(CC)c1ccc(NC2=C(c3ccc(C)cc3C)C(=O)N(CCOC(C)C)C2=O)cc1. The molecule has 0 saturated heterocycles.